The number of rotatable bonds is 6. The summed E-state index contributed by atoms with van der Waals surface area (Å²) >= 11 is 0. The molecule has 1 aromatic heterocycles. The van der Waals surface area contributed by atoms with Gasteiger partial charge in [0.1, 0.15) is 0 Å². The molecule has 1 N–H and O–H groups in total. The summed E-state index contributed by atoms with van der Waals surface area (Å²) in [7, 11) is 0. The van der Waals surface area contributed by atoms with Gasteiger partial charge in [-0.15, -0.1) is 0 Å². The van der Waals surface area contributed by atoms with Gasteiger partial charge in [-0.1, -0.05) is 0 Å². The molecule has 1 rings (SSSR count). The second kappa shape index (κ2) is 6.85. The first kappa shape index (κ1) is 13.4. The molecular formula is C12H18N2O3. The zero-order valence-electron chi connectivity index (χ0n) is 10.2. The van der Waals surface area contributed by atoms with Crippen LogP contribution in [0.25, 0.3) is 0 Å². The molecule has 0 saturated heterocycles. The number of nitrogens with one attached hydrogen (secondary N) is 1. The van der Waals surface area contributed by atoms with E-state index in [1.807, 2.05) is 13.8 Å². The van der Waals surface area contributed by atoms with Crippen LogP contribution in [0.4, 0.5) is 0 Å². The number of nitrogens with zero attached hydrogens (tertiary/aromatic N) is 1. The van der Waals surface area contributed by atoms with E-state index in [1.165, 1.54) is 10.6 Å². The van der Waals surface area contributed by atoms with Crippen LogP contribution in [0.15, 0.2) is 23.1 Å². The summed E-state index contributed by atoms with van der Waals surface area (Å²) in [5, 5.41) is 2.69. The Morgan fingerprint density at radius 2 is 2.24 bits per heavy atom. The Morgan fingerprint density at radius 3 is 2.82 bits per heavy atom. The van der Waals surface area contributed by atoms with Crippen molar-refractivity contribution in [3.8, 4) is 0 Å². The topological polar surface area (TPSA) is 60.3 Å². The first-order chi connectivity index (χ1) is 8.19. The molecule has 0 bridgehead atoms. The van der Waals surface area contributed by atoms with Crippen molar-refractivity contribution in [1.29, 1.82) is 0 Å². The molecule has 0 unspecified atom stereocenters. The highest BCUT2D eigenvalue weighted by molar-refractivity contribution is 5.93. The molecule has 0 radical (unpaired) electrons. The molecule has 0 atom stereocenters. The highest BCUT2D eigenvalue weighted by Crippen LogP contribution is 1.94. The van der Waals surface area contributed by atoms with Crippen molar-refractivity contribution in [2.75, 3.05) is 19.8 Å². The van der Waals surface area contributed by atoms with Gasteiger partial charge in [-0.25, -0.2) is 0 Å². The second-order valence-corrected chi connectivity index (χ2v) is 3.49. The Bertz CT molecular complexity index is 426. The largest absolute Gasteiger partial charge is 0.380 e. The summed E-state index contributed by atoms with van der Waals surface area (Å²) in [4.78, 5) is 23.2. The molecular weight excluding hydrogens is 220 g/mol. The lowest BCUT2D eigenvalue weighted by Gasteiger charge is -2.06. The molecule has 5 heteroatoms. The van der Waals surface area contributed by atoms with Gasteiger partial charge in [0.15, 0.2) is 0 Å². The molecule has 0 fully saturated rings. The van der Waals surface area contributed by atoms with Crippen LogP contribution in [-0.2, 0) is 11.3 Å². The molecule has 1 aromatic rings. The van der Waals surface area contributed by atoms with Crippen molar-refractivity contribution >= 4 is 5.91 Å². The monoisotopic (exact) mass is 238 g/mol. The van der Waals surface area contributed by atoms with Gasteiger partial charge in [-0.3, -0.25) is 9.59 Å². The van der Waals surface area contributed by atoms with Crippen LogP contribution in [0.3, 0.4) is 0 Å². The molecule has 5 nitrogen and oxygen atoms in total. The number of aryl methyl sites for hydroxylation is 1. The molecule has 1 heterocycles. The molecule has 0 saturated carbocycles. The first-order valence-electron chi connectivity index (χ1n) is 5.75. The van der Waals surface area contributed by atoms with Gasteiger partial charge < -0.3 is 14.6 Å². The first-order valence-corrected chi connectivity index (χ1v) is 5.75. The lowest BCUT2D eigenvalue weighted by atomic mass is 10.2. The maximum atomic E-state index is 11.6. The Balaban J connectivity index is 2.57. The minimum atomic E-state index is -0.245. The van der Waals surface area contributed by atoms with Gasteiger partial charge in [0.2, 0.25) is 0 Å². The second-order valence-electron chi connectivity index (χ2n) is 3.49. The van der Waals surface area contributed by atoms with Crippen LogP contribution in [0.5, 0.6) is 0 Å². The Hall–Kier alpha value is -1.62. The number of ether oxygens (including phenoxy) is 1. The van der Waals surface area contributed by atoms with Crippen molar-refractivity contribution in [3.63, 3.8) is 0 Å². The van der Waals surface area contributed by atoms with Gasteiger partial charge in [-0.2, -0.15) is 0 Å². The molecule has 0 aliphatic heterocycles. The standard InChI is InChI=1S/C12H18N2O3/c1-3-14-7-5-10(9-11(14)15)12(16)13-6-8-17-4-2/h5,7,9H,3-4,6,8H2,1-2H3,(H,13,16). The highest BCUT2D eigenvalue weighted by Gasteiger charge is 2.06. The minimum Gasteiger partial charge on any atom is -0.380 e. The summed E-state index contributed by atoms with van der Waals surface area (Å²) in [6.45, 7) is 5.93. The fraction of sp³-hybridized carbons (Fsp3) is 0.500. The van der Waals surface area contributed by atoms with E-state index in [2.05, 4.69) is 5.32 Å². The number of carbonyl (C=O) groups is 1. The third-order valence-corrected chi connectivity index (χ3v) is 2.34. The van der Waals surface area contributed by atoms with E-state index in [4.69, 9.17) is 4.74 Å². The highest BCUT2D eigenvalue weighted by atomic mass is 16.5. The molecule has 0 spiro atoms. The number of aromatic nitrogens is 1. The van der Waals surface area contributed by atoms with Gasteiger partial charge in [0.25, 0.3) is 11.5 Å². The number of carbonyl (C=O) groups excluding carboxylic acids is 1. The lowest BCUT2D eigenvalue weighted by Crippen LogP contribution is -2.29. The van der Waals surface area contributed by atoms with Crippen molar-refractivity contribution in [2.24, 2.45) is 0 Å². The summed E-state index contributed by atoms with van der Waals surface area (Å²) < 4.78 is 6.64. The van der Waals surface area contributed by atoms with Crippen LogP contribution < -0.4 is 10.9 Å². The van der Waals surface area contributed by atoms with Crippen molar-refractivity contribution in [2.45, 2.75) is 20.4 Å². The fourth-order valence-corrected chi connectivity index (χ4v) is 1.39. The van der Waals surface area contributed by atoms with Gasteiger partial charge >= 0.3 is 0 Å². The van der Waals surface area contributed by atoms with E-state index in [-0.39, 0.29) is 11.5 Å². The van der Waals surface area contributed by atoms with Crippen molar-refractivity contribution in [3.05, 3.63) is 34.2 Å². The molecule has 0 aliphatic carbocycles. The summed E-state index contributed by atoms with van der Waals surface area (Å²) in [5.74, 6) is -0.245. The van der Waals surface area contributed by atoms with E-state index in [9.17, 15) is 9.59 Å². The number of hydrogen-bond donors (Lipinski definition) is 1. The maximum Gasteiger partial charge on any atom is 0.251 e. The van der Waals surface area contributed by atoms with Crippen molar-refractivity contribution in [1.82, 2.24) is 9.88 Å². The van der Waals surface area contributed by atoms with Crippen LogP contribution >= 0.6 is 0 Å². The molecule has 94 valence electrons. The van der Waals surface area contributed by atoms with Crippen LogP contribution in [0.1, 0.15) is 24.2 Å². The predicted molar refractivity (Wildman–Crippen MR) is 65.2 cm³/mol. The normalized spacial score (nSPS) is 10.2. The van der Waals surface area contributed by atoms with E-state index < -0.39 is 0 Å². The summed E-state index contributed by atoms with van der Waals surface area (Å²) in [6.07, 6.45) is 1.62. The quantitative estimate of drug-likeness (QED) is 0.740. The third kappa shape index (κ3) is 4.03. The number of hydrogen-bond acceptors (Lipinski definition) is 3. The van der Waals surface area contributed by atoms with Gasteiger partial charge in [0.05, 0.1) is 6.61 Å². The zero-order valence-corrected chi connectivity index (χ0v) is 10.2. The smallest absolute Gasteiger partial charge is 0.251 e. The summed E-state index contributed by atoms with van der Waals surface area (Å²) in [5.41, 5.74) is 0.223. The SMILES string of the molecule is CCOCCNC(=O)c1ccn(CC)c(=O)c1. The minimum absolute atomic E-state index is 0.162. The lowest BCUT2D eigenvalue weighted by molar-refractivity contribution is 0.0922. The maximum absolute atomic E-state index is 11.6. The third-order valence-electron chi connectivity index (χ3n) is 2.34. The zero-order chi connectivity index (χ0) is 12.7. The van der Waals surface area contributed by atoms with E-state index in [0.29, 0.717) is 31.9 Å². The Kier molecular flexibility index (Phi) is 5.42. The molecule has 17 heavy (non-hydrogen) atoms. The molecule has 0 aliphatic rings. The Morgan fingerprint density at radius 1 is 1.47 bits per heavy atom. The van der Waals surface area contributed by atoms with E-state index in [1.54, 1.807) is 12.3 Å². The van der Waals surface area contributed by atoms with Gasteiger partial charge in [-0.05, 0) is 19.9 Å². The summed E-state index contributed by atoms with van der Waals surface area (Å²) in [6, 6.07) is 2.99. The van der Waals surface area contributed by atoms with Crippen molar-refractivity contribution < 1.29 is 9.53 Å². The van der Waals surface area contributed by atoms with Crippen LogP contribution in [-0.4, -0.2) is 30.2 Å². The Labute approximate surface area is 100 Å². The fourth-order valence-electron chi connectivity index (χ4n) is 1.39. The molecule has 0 aromatic carbocycles. The number of amides is 1. The molecule has 1 amide bonds. The average molecular weight is 238 g/mol. The van der Waals surface area contributed by atoms with E-state index in [0.717, 1.165) is 0 Å². The van der Waals surface area contributed by atoms with Crippen LogP contribution in [0.2, 0.25) is 0 Å². The van der Waals surface area contributed by atoms with Gasteiger partial charge in [0, 0.05) is 37.5 Å². The average Bonchev–Trinajstić information content (AvgIpc) is 2.34. The number of pyridine rings is 1. The predicted octanol–water partition coefficient (Wildman–Crippen LogP) is 0.634. The van der Waals surface area contributed by atoms with Crippen LogP contribution in [0, 0.1) is 0 Å². The van der Waals surface area contributed by atoms with E-state index >= 15 is 0 Å².